The zero-order chi connectivity index (χ0) is 2.71. The Labute approximate surface area is 34.8 Å². The first-order chi connectivity index (χ1) is 1.41. The average molecular weight is 102 g/mol. The molecule has 0 atom stereocenters. The smallest absolute Gasteiger partial charge is 0 e. The van der Waals surface area contributed by atoms with Crippen LogP contribution >= 0.6 is 0 Å². The van der Waals surface area contributed by atoms with E-state index in [-0.39, 0.29) is 16.5 Å². The summed E-state index contributed by atoms with van der Waals surface area (Å²) in [6.07, 6.45) is 1.50. The van der Waals surface area contributed by atoms with E-state index in [4.69, 9.17) is 5.41 Å². The summed E-state index contributed by atoms with van der Waals surface area (Å²) in [5.74, 6) is 0. The summed E-state index contributed by atoms with van der Waals surface area (Å²) in [4.78, 5) is 0. The summed E-state index contributed by atoms with van der Waals surface area (Å²) < 4.78 is 0. The second-order valence-electron chi connectivity index (χ2n) is 0.144. The van der Waals surface area contributed by atoms with Crippen LogP contribution in [-0.2, 0) is 16.5 Å². The largest absolute Gasteiger partial charge is 0.563 e. The van der Waals surface area contributed by atoms with Gasteiger partial charge in [-0.15, -0.1) is 0 Å². The van der Waals surface area contributed by atoms with Crippen LogP contribution in [0.3, 0.4) is 0 Å². The topological polar surface area (TPSA) is 49.9 Å². The molecule has 0 heterocycles. The molecule has 0 aliphatic rings. The van der Waals surface area contributed by atoms with Gasteiger partial charge in [-0.1, -0.05) is 0 Å². The van der Waals surface area contributed by atoms with Gasteiger partial charge >= 0.3 is 0 Å². The van der Waals surface area contributed by atoms with E-state index in [1.54, 1.807) is 0 Å². The van der Waals surface area contributed by atoms with Gasteiger partial charge in [0, 0.05) is 16.5 Å². The number of nitrogens with one attached hydrogen (secondary N) is 1. The fraction of sp³-hybridized carbons (Fsp3) is 0. The molecular weight excluding hydrogens is 98.7 g/mol. The number of hydrogen-bond acceptors (Lipinski definition) is 1. The van der Waals surface area contributed by atoms with Crippen LogP contribution in [0.25, 0.3) is 0 Å². The fourth-order valence-electron chi connectivity index (χ4n) is 0. The molecule has 28 valence electrons. The summed E-state index contributed by atoms with van der Waals surface area (Å²) in [7, 11) is 0. The minimum atomic E-state index is 0. The summed E-state index contributed by atoms with van der Waals surface area (Å²) in [5.41, 5.74) is 4.26. The van der Waals surface area contributed by atoms with Crippen molar-refractivity contribution in [3.05, 3.63) is 0 Å². The Morgan fingerprint density at radius 1 is 1.75 bits per heavy atom. The van der Waals surface area contributed by atoms with Gasteiger partial charge in [-0.2, -0.15) is 0 Å². The van der Waals surface area contributed by atoms with Gasteiger partial charge in [-0.25, -0.2) is 0 Å². The van der Waals surface area contributed by atoms with Gasteiger partial charge in [-0.3, -0.25) is 0 Å². The minimum absolute atomic E-state index is 0. The quantitative estimate of drug-likeness (QED) is 0.139. The van der Waals surface area contributed by atoms with Gasteiger partial charge < -0.3 is 17.5 Å². The van der Waals surface area contributed by atoms with Crippen molar-refractivity contribution >= 4 is 6.34 Å². The van der Waals surface area contributed by atoms with Crippen LogP contribution in [-0.4, -0.2) is 6.34 Å². The molecule has 3 N–H and O–H groups in total. The molecule has 4 heavy (non-hydrogen) atoms. The SMILES string of the molecule is N=[C-]N.[Ni]. The van der Waals surface area contributed by atoms with Crippen LogP contribution in [0.5, 0.6) is 0 Å². The molecule has 0 rings (SSSR count). The van der Waals surface area contributed by atoms with Crippen molar-refractivity contribution < 1.29 is 16.5 Å². The third kappa shape index (κ3) is 1370. The van der Waals surface area contributed by atoms with Crippen molar-refractivity contribution in [2.75, 3.05) is 0 Å². The predicted octanol–water partition coefficient (Wildman–Crippen LogP) is -0.573. The Hall–Kier alpha value is -0.0365. The predicted molar refractivity (Wildman–Crippen MR) is 11.9 cm³/mol. The van der Waals surface area contributed by atoms with Crippen molar-refractivity contribution in [3.63, 3.8) is 0 Å². The molecule has 0 fully saturated rings. The van der Waals surface area contributed by atoms with E-state index in [0.717, 1.165) is 0 Å². The molecule has 2 nitrogen and oxygen atoms in total. The molecule has 0 radical (unpaired) electrons. The van der Waals surface area contributed by atoms with Crippen LogP contribution in [0.2, 0.25) is 0 Å². The van der Waals surface area contributed by atoms with E-state index in [1.807, 2.05) is 0 Å². The van der Waals surface area contributed by atoms with Gasteiger partial charge in [0.25, 0.3) is 0 Å². The minimum Gasteiger partial charge on any atom is -0.563 e. The van der Waals surface area contributed by atoms with E-state index < -0.39 is 0 Å². The van der Waals surface area contributed by atoms with Crippen LogP contribution < -0.4 is 5.73 Å². The van der Waals surface area contributed by atoms with Gasteiger partial charge in [0.05, 0.1) is 0 Å². The van der Waals surface area contributed by atoms with Crippen molar-refractivity contribution in [1.29, 1.82) is 5.41 Å². The molecule has 0 spiro atoms. The Balaban J connectivity index is 0. The monoisotopic (exact) mass is 101 g/mol. The van der Waals surface area contributed by atoms with Gasteiger partial charge in [0.15, 0.2) is 0 Å². The second-order valence-corrected chi connectivity index (χ2v) is 0.144. The maximum absolute atomic E-state index is 5.74. The third-order valence-corrected chi connectivity index (χ3v) is 0. The number of hydrogen-bond donors (Lipinski definition) is 2. The van der Waals surface area contributed by atoms with Crippen LogP contribution in [0.15, 0.2) is 0 Å². The van der Waals surface area contributed by atoms with E-state index in [9.17, 15) is 0 Å². The van der Waals surface area contributed by atoms with Gasteiger partial charge in [0.1, 0.15) is 0 Å². The third-order valence-electron chi connectivity index (χ3n) is 0. The molecule has 0 aromatic heterocycles. The summed E-state index contributed by atoms with van der Waals surface area (Å²) in [5, 5.41) is 5.74. The zero-order valence-corrected chi connectivity index (χ0v) is 2.88. The molecule has 0 amide bonds. The van der Waals surface area contributed by atoms with E-state index in [2.05, 4.69) is 5.73 Å². The molecule has 0 unspecified atom stereocenters. The first-order valence-electron chi connectivity index (χ1n) is 0.539. The van der Waals surface area contributed by atoms with E-state index in [0.29, 0.717) is 0 Å². The maximum Gasteiger partial charge on any atom is 0 e. The molecule has 0 saturated heterocycles. The van der Waals surface area contributed by atoms with Crippen molar-refractivity contribution in [1.82, 2.24) is 0 Å². The van der Waals surface area contributed by atoms with Crippen LogP contribution in [0.4, 0.5) is 0 Å². The van der Waals surface area contributed by atoms with Crippen molar-refractivity contribution in [2.24, 2.45) is 5.73 Å². The van der Waals surface area contributed by atoms with Crippen LogP contribution in [0.1, 0.15) is 0 Å². The second kappa shape index (κ2) is 12.3. The molecule has 0 aliphatic heterocycles. The maximum atomic E-state index is 5.74. The number of rotatable bonds is 0. The number of nitrogens with two attached hydrogens (primary N) is 1. The van der Waals surface area contributed by atoms with E-state index in [1.165, 1.54) is 6.34 Å². The van der Waals surface area contributed by atoms with Gasteiger partial charge in [-0.05, 0) is 0 Å². The van der Waals surface area contributed by atoms with E-state index >= 15 is 0 Å². The van der Waals surface area contributed by atoms with Crippen molar-refractivity contribution in [3.8, 4) is 0 Å². The molecule has 0 aromatic rings. The first kappa shape index (κ1) is 9.03. The zero-order valence-electron chi connectivity index (χ0n) is 1.89. The Bertz CT molecular complexity index is 13.5. The molecule has 0 aliphatic carbocycles. The normalized spacial score (nSPS) is 3.00. The first-order valence-corrected chi connectivity index (χ1v) is 0.539. The molecule has 0 bridgehead atoms. The molecule has 0 saturated carbocycles. The van der Waals surface area contributed by atoms with Gasteiger partial charge in [0.2, 0.25) is 0 Å². The summed E-state index contributed by atoms with van der Waals surface area (Å²) in [6.45, 7) is 0. The summed E-state index contributed by atoms with van der Waals surface area (Å²) >= 11 is 0. The standard InChI is InChI=1S/CH3N2.Ni/c2-1-3;/h(H3,2,3);/q-1;. The molecule has 0 aromatic carbocycles. The fourth-order valence-corrected chi connectivity index (χ4v) is 0. The summed E-state index contributed by atoms with van der Waals surface area (Å²) in [6, 6.07) is 0. The Morgan fingerprint density at radius 3 is 1.75 bits per heavy atom. The molecular formula is CH3N2Ni-. The average Bonchev–Trinajstić information content (AvgIpc) is 0.918. The Morgan fingerprint density at radius 2 is 1.75 bits per heavy atom. The molecule has 3 heteroatoms. The van der Waals surface area contributed by atoms with Crippen molar-refractivity contribution in [2.45, 2.75) is 0 Å². The Kier molecular flexibility index (Phi) is 27.8. The van der Waals surface area contributed by atoms with Crippen LogP contribution in [0, 0.1) is 5.41 Å².